The van der Waals surface area contributed by atoms with Crippen LogP contribution >= 0.6 is 0 Å². The fourth-order valence-electron chi connectivity index (χ4n) is 2.57. The Morgan fingerprint density at radius 2 is 1.71 bits per heavy atom. The molecule has 0 aliphatic heterocycles. The van der Waals surface area contributed by atoms with Crippen LogP contribution in [0.1, 0.15) is 31.9 Å². The summed E-state index contributed by atoms with van der Waals surface area (Å²) in [7, 11) is 0. The van der Waals surface area contributed by atoms with Crippen molar-refractivity contribution in [2.45, 2.75) is 27.2 Å². The number of oxime groups is 1. The number of rotatable bonds is 11. The van der Waals surface area contributed by atoms with Gasteiger partial charge in [-0.2, -0.15) is 0 Å². The minimum atomic E-state index is -0.208. The lowest BCUT2D eigenvalue weighted by molar-refractivity contribution is -0.125. The summed E-state index contributed by atoms with van der Waals surface area (Å²) in [6.07, 6.45) is 0.685. The van der Waals surface area contributed by atoms with Crippen molar-refractivity contribution in [1.29, 1.82) is 0 Å². The lowest BCUT2D eigenvalue weighted by atomic mass is 10.1. The monoisotopic (exact) mass is 384 g/mol. The van der Waals surface area contributed by atoms with Crippen LogP contribution in [0.4, 0.5) is 0 Å². The number of nitrogens with one attached hydrogen (secondary N) is 1. The first-order valence-corrected chi connectivity index (χ1v) is 9.51. The Hall–Kier alpha value is -3.02. The van der Waals surface area contributed by atoms with Gasteiger partial charge >= 0.3 is 0 Å². The molecule has 0 aromatic heterocycles. The number of amides is 1. The van der Waals surface area contributed by atoms with E-state index in [4.69, 9.17) is 14.3 Å². The molecule has 0 radical (unpaired) electrons. The summed E-state index contributed by atoms with van der Waals surface area (Å²) in [4.78, 5) is 17.1. The van der Waals surface area contributed by atoms with Gasteiger partial charge in [-0.25, -0.2) is 0 Å². The van der Waals surface area contributed by atoms with Gasteiger partial charge in [0.05, 0.1) is 18.9 Å². The number of hydrogen-bond acceptors (Lipinski definition) is 5. The fourth-order valence-corrected chi connectivity index (χ4v) is 2.57. The Morgan fingerprint density at radius 1 is 1.00 bits per heavy atom. The third-order valence-corrected chi connectivity index (χ3v) is 3.93. The molecule has 2 aromatic rings. The van der Waals surface area contributed by atoms with Crippen molar-refractivity contribution in [3.63, 3.8) is 0 Å². The first-order chi connectivity index (χ1) is 13.6. The molecule has 2 aromatic carbocycles. The molecule has 0 heterocycles. The molecule has 0 aliphatic carbocycles. The van der Waals surface area contributed by atoms with Crippen molar-refractivity contribution in [3.8, 4) is 11.5 Å². The summed E-state index contributed by atoms with van der Waals surface area (Å²) in [6.45, 7) is 7.26. The minimum Gasteiger partial charge on any atom is -0.490 e. The van der Waals surface area contributed by atoms with E-state index in [1.807, 2.05) is 69.3 Å². The predicted molar refractivity (Wildman–Crippen MR) is 110 cm³/mol. The molecule has 0 saturated carbocycles. The highest BCUT2D eigenvalue weighted by Gasteiger charge is 2.07. The van der Waals surface area contributed by atoms with E-state index in [2.05, 4.69) is 10.5 Å². The van der Waals surface area contributed by atoms with Gasteiger partial charge in [0.2, 0.25) is 0 Å². The van der Waals surface area contributed by atoms with E-state index in [1.165, 1.54) is 0 Å². The third kappa shape index (κ3) is 6.95. The average molecular weight is 384 g/mol. The Bertz CT molecular complexity index is 775. The lowest BCUT2D eigenvalue weighted by Crippen LogP contribution is -2.29. The van der Waals surface area contributed by atoms with E-state index < -0.39 is 0 Å². The van der Waals surface area contributed by atoms with Gasteiger partial charge in [-0.15, -0.1) is 0 Å². The fraction of sp³-hybridized carbons (Fsp3) is 0.364. The Kier molecular flexibility index (Phi) is 8.85. The first kappa shape index (κ1) is 21.3. The van der Waals surface area contributed by atoms with Gasteiger partial charge in [-0.3, -0.25) is 4.79 Å². The molecule has 6 heteroatoms. The highest BCUT2D eigenvalue weighted by Crippen LogP contribution is 2.28. The van der Waals surface area contributed by atoms with Gasteiger partial charge in [0.15, 0.2) is 18.1 Å². The molecule has 0 aliphatic rings. The zero-order valence-electron chi connectivity index (χ0n) is 16.7. The van der Waals surface area contributed by atoms with Gasteiger partial charge < -0.3 is 19.6 Å². The Balaban J connectivity index is 1.76. The summed E-state index contributed by atoms with van der Waals surface area (Å²) >= 11 is 0. The number of benzene rings is 2. The number of nitrogens with zero attached hydrogens (tertiary/aromatic N) is 1. The lowest BCUT2D eigenvalue weighted by Gasteiger charge is -2.12. The maximum atomic E-state index is 11.9. The van der Waals surface area contributed by atoms with Crippen LogP contribution in [0.25, 0.3) is 0 Å². The summed E-state index contributed by atoms with van der Waals surface area (Å²) in [5.41, 5.74) is 2.75. The van der Waals surface area contributed by atoms with Gasteiger partial charge in [0, 0.05) is 6.54 Å². The van der Waals surface area contributed by atoms with E-state index in [9.17, 15) is 4.79 Å². The zero-order chi connectivity index (χ0) is 20.2. The number of hydrogen-bond donors (Lipinski definition) is 1. The second kappa shape index (κ2) is 11.6. The van der Waals surface area contributed by atoms with Crippen molar-refractivity contribution in [2.24, 2.45) is 5.16 Å². The van der Waals surface area contributed by atoms with Crippen molar-refractivity contribution in [2.75, 3.05) is 26.4 Å². The quantitative estimate of drug-likeness (QED) is 0.475. The number of carbonyl (C=O) groups is 1. The van der Waals surface area contributed by atoms with Gasteiger partial charge in [-0.05, 0) is 50.5 Å². The van der Waals surface area contributed by atoms with Gasteiger partial charge in [-0.1, -0.05) is 41.6 Å². The van der Waals surface area contributed by atoms with Crippen molar-refractivity contribution >= 4 is 11.6 Å². The molecule has 1 N–H and O–H groups in total. The molecule has 0 atom stereocenters. The second-order valence-electron chi connectivity index (χ2n) is 6.06. The first-order valence-electron chi connectivity index (χ1n) is 9.51. The standard InChI is InChI=1S/C22H28N2O4/c1-4-26-20-12-11-18(15-21(20)27-5-2)13-14-23-22(25)16-28-24-17(3)19-9-7-6-8-10-19/h6-12,15H,4-5,13-14,16H2,1-3H3,(H,23,25)/b24-17-. The maximum absolute atomic E-state index is 11.9. The topological polar surface area (TPSA) is 69.2 Å². The zero-order valence-corrected chi connectivity index (χ0v) is 16.7. The van der Waals surface area contributed by atoms with E-state index >= 15 is 0 Å². The summed E-state index contributed by atoms with van der Waals surface area (Å²) < 4.78 is 11.2. The summed E-state index contributed by atoms with van der Waals surface area (Å²) in [5.74, 6) is 1.25. The molecule has 6 nitrogen and oxygen atoms in total. The molecule has 1 amide bonds. The molecule has 150 valence electrons. The van der Waals surface area contributed by atoms with E-state index in [0.717, 1.165) is 28.3 Å². The summed E-state index contributed by atoms with van der Waals surface area (Å²) in [5, 5.41) is 6.82. The second-order valence-corrected chi connectivity index (χ2v) is 6.06. The van der Waals surface area contributed by atoms with Crippen LogP contribution in [0.15, 0.2) is 53.7 Å². The van der Waals surface area contributed by atoms with Crippen LogP contribution in [-0.4, -0.2) is 38.0 Å². The van der Waals surface area contributed by atoms with E-state index in [-0.39, 0.29) is 12.5 Å². The van der Waals surface area contributed by atoms with E-state index in [0.29, 0.717) is 26.2 Å². The average Bonchev–Trinajstić information content (AvgIpc) is 2.71. The van der Waals surface area contributed by atoms with Crippen molar-refractivity contribution in [3.05, 3.63) is 59.7 Å². The molecule has 28 heavy (non-hydrogen) atoms. The molecule has 0 bridgehead atoms. The van der Waals surface area contributed by atoms with Crippen LogP contribution in [-0.2, 0) is 16.1 Å². The molecule has 0 fully saturated rings. The number of ether oxygens (including phenoxy) is 2. The molecule has 0 unspecified atom stereocenters. The van der Waals surface area contributed by atoms with E-state index in [1.54, 1.807) is 0 Å². The van der Waals surface area contributed by atoms with Gasteiger partial charge in [0.25, 0.3) is 5.91 Å². The van der Waals surface area contributed by atoms with Crippen LogP contribution in [0.3, 0.4) is 0 Å². The maximum Gasteiger partial charge on any atom is 0.260 e. The molecule has 0 spiro atoms. The third-order valence-electron chi connectivity index (χ3n) is 3.93. The Morgan fingerprint density at radius 3 is 2.43 bits per heavy atom. The molecular weight excluding hydrogens is 356 g/mol. The van der Waals surface area contributed by atoms with Crippen LogP contribution < -0.4 is 14.8 Å². The number of carbonyl (C=O) groups excluding carboxylic acids is 1. The van der Waals surface area contributed by atoms with Crippen molar-refractivity contribution < 1.29 is 19.1 Å². The molecule has 0 saturated heterocycles. The molecular formula is C22H28N2O4. The highest BCUT2D eigenvalue weighted by atomic mass is 16.6. The normalized spacial score (nSPS) is 11.0. The highest BCUT2D eigenvalue weighted by molar-refractivity contribution is 5.98. The van der Waals surface area contributed by atoms with Crippen molar-refractivity contribution in [1.82, 2.24) is 5.32 Å². The van der Waals surface area contributed by atoms with Gasteiger partial charge in [0.1, 0.15) is 0 Å². The summed E-state index contributed by atoms with van der Waals surface area (Å²) in [6, 6.07) is 15.5. The van der Waals surface area contributed by atoms with Crippen LogP contribution in [0.5, 0.6) is 11.5 Å². The largest absolute Gasteiger partial charge is 0.490 e. The van der Waals surface area contributed by atoms with Crippen LogP contribution in [0.2, 0.25) is 0 Å². The smallest absolute Gasteiger partial charge is 0.260 e. The minimum absolute atomic E-state index is 0.113. The SMILES string of the molecule is CCOc1ccc(CCNC(=O)CO/N=C(/C)c2ccccc2)cc1OCC. The molecule has 2 rings (SSSR count). The predicted octanol–water partition coefficient (Wildman–Crippen LogP) is 3.58. The van der Waals surface area contributed by atoms with Crippen LogP contribution in [0, 0.1) is 0 Å². The Labute approximate surface area is 166 Å².